The van der Waals surface area contributed by atoms with Crippen LogP contribution in [0.1, 0.15) is 80.4 Å². The van der Waals surface area contributed by atoms with Crippen LogP contribution in [-0.4, -0.2) is 74.1 Å². The lowest BCUT2D eigenvalue weighted by Crippen LogP contribution is -2.47. The van der Waals surface area contributed by atoms with Gasteiger partial charge < -0.3 is 28.4 Å². The zero-order valence-electron chi connectivity index (χ0n) is 41.7. The lowest BCUT2D eigenvalue weighted by Gasteiger charge is -2.42. The third-order valence-corrected chi connectivity index (χ3v) is 18.7. The van der Waals surface area contributed by atoms with E-state index in [9.17, 15) is 25.3 Å². The quantitative estimate of drug-likeness (QED) is 0.0960. The van der Waals surface area contributed by atoms with Crippen LogP contribution in [0, 0.1) is 0 Å². The van der Waals surface area contributed by atoms with Crippen LogP contribution in [0.2, 0.25) is 0 Å². The smallest absolute Gasteiger partial charge is 0.206 e. The van der Waals surface area contributed by atoms with E-state index in [0.29, 0.717) is 36.2 Å². The number of fused-ring (bicyclic) bond motifs is 1. The Labute approximate surface area is 419 Å². The molecule has 71 heavy (non-hydrogen) atoms. The summed E-state index contributed by atoms with van der Waals surface area (Å²) in [6, 6.07) is 38.3. The van der Waals surface area contributed by atoms with Crippen molar-refractivity contribution < 1.29 is 53.7 Å². The topological polar surface area (TPSA) is 158 Å². The highest BCUT2D eigenvalue weighted by molar-refractivity contribution is 7.92. The third kappa shape index (κ3) is 11.0. The van der Waals surface area contributed by atoms with Gasteiger partial charge in [-0.2, -0.15) is 0 Å². The molecular weight excluding hydrogens is 961 g/mol. The predicted molar refractivity (Wildman–Crippen MR) is 270 cm³/mol. The number of benzene rings is 6. The second-order valence-corrected chi connectivity index (χ2v) is 26.9. The number of ether oxygens (including phenoxy) is 6. The molecule has 2 heterocycles. The molecule has 4 atom stereocenters. The number of hydrogen-bond donors (Lipinski definition) is 0. The van der Waals surface area contributed by atoms with Gasteiger partial charge in [0.15, 0.2) is 6.10 Å². The Hall–Kier alpha value is -5.55. The lowest BCUT2D eigenvalue weighted by molar-refractivity contribution is -0.104. The first-order valence-electron chi connectivity index (χ1n) is 23.5. The summed E-state index contributed by atoms with van der Waals surface area (Å²) in [6.45, 7) is 20.8. The fraction of sp³-hybridized carbons (Fsp3) is 0.357. The highest BCUT2D eigenvalue weighted by Gasteiger charge is 2.50. The largest absolute Gasteiger partial charge is 0.487 e. The standard InChI is InChI=1S/C56H62O12S3/c1-53(2,3)37-11-23-43(24-12-37)69(57,58)45-27-15-39(16-28-45)65-40-17-29-46(30-18-40)71(61,62)48-33-21-42(22-34-48)67-56(9,10)55(7,8)38-13-25-44(26-14-38)70(59,60)47-31-19-41(20-32-47)66-49-35-63-52-50(36-64-51(49)52)68-54(4,5)6/h11-34,49-52H,35-36H2,1-10H3. The summed E-state index contributed by atoms with van der Waals surface area (Å²) >= 11 is 0. The molecular formula is C56H62O12S3. The molecule has 6 aromatic rings. The molecule has 8 rings (SSSR count). The molecule has 2 saturated heterocycles. The van der Waals surface area contributed by atoms with E-state index in [0.717, 1.165) is 11.1 Å². The summed E-state index contributed by atoms with van der Waals surface area (Å²) in [5.74, 6) is 1.71. The minimum atomic E-state index is -3.92. The van der Waals surface area contributed by atoms with Crippen LogP contribution in [0.4, 0.5) is 0 Å². The third-order valence-electron chi connectivity index (χ3n) is 13.3. The fourth-order valence-electron chi connectivity index (χ4n) is 8.52. The molecule has 2 fully saturated rings. The van der Waals surface area contributed by atoms with E-state index in [1.54, 1.807) is 72.8 Å². The predicted octanol–water partition coefficient (Wildman–Crippen LogP) is 11.1. The minimum absolute atomic E-state index is 0.0589. The van der Waals surface area contributed by atoms with E-state index in [2.05, 4.69) is 20.8 Å². The SMILES string of the molecule is CC(C)(C)OC1COC2C(Oc3ccc(S(=O)(=O)c4ccc(C(C)(C)C(C)(C)Oc5ccc(S(=O)(=O)c6ccc(Oc7ccc(S(=O)(=O)c8ccc(C(C)(C)C)cc8)cc7)cc6)cc5)cc4)cc3)COC12. The number of rotatable bonds is 15. The van der Waals surface area contributed by atoms with E-state index in [-0.39, 0.29) is 64.8 Å². The highest BCUT2D eigenvalue weighted by atomic mass is 32.2. The molecule has 12 nitrogen and oxygen atoms in total. The van der Waals surface area contributed by atoms with E-state index >= 15 is 0 Å². The average Bonchev–Trinajstić information content (AvgIpc) is 3.91. The van der Waals surface area contributed by atoms with E-state index in [1.807, 2.05) is 60.6 Å². The Kier molecular flexibility index (Phi) is 14.0. The van der Waals surface area contributed by atoms with Gasteiger partial charge in [-0.05, 0) is 172 Å². The highest BCUT2D eigenvalue weighted by Crippen LogP contribution is 2.40. The maximum atomic E-state index is 13.8. The summed E-state index contributed by atoms with van der Waals surface area (Å²) in [5.41, 5.74) is -0.0707. The first kappa shape index (κ1) is 51.8. The van der Waals surface area contributed by atoms with E-state index in [1.165, 1.54) is 60.7 Å². The van der Waals surface area contributed by atoms with Gasteiger partial charge in [-0.15, -0.1) is 0 Å². The molecule has 0 bridgehead atoms. The van der Waals surface area contributed by atoms with Crippen LogP contribution in [0.3, 0.4) is 0 Å². The molecule has 2 aliphatic heterocycles. The molecule has 0 N–H and O–H groups in total. The van der Waals surface area contributed by atoms with Gasteiger partial charge in [-0.1, -0.05) is 58.9 Å². The molecule has 0 radical (unpaired) electrons. The summed E-state index contributed by atoms with van der Waals surface area (Å²) in [4.78, 5) is 0.716. The Morgan fingerprint density at radius 2 is 0.732 bits per heavy atom. The molecule has 376 valence electrons. The molecule has 0 spiro atoms. The van der Waals surface area contributed by atoms with Gasteiger partial charge in [-0.25, -0.2) is 25.3 Å². The molecule has 0 amide bonds. The summed E-state index contributed by atoms with van der Waals surface area (Å²) < 4.78 is 118. The van der Waals surface area contributed by atoms with Crippen LogP contribution < -0.4 is 14.2 Å². The molecule has 6 aromatic carbocycles. The average molecular weight is 1020 g/mol. The summed E-state index contributed by atoms with van der Waals surface area (Å²) in [6.07, 6.45) is -1.06. The second kappa shape index (κ2) is 19.1. The van der Waals surface area contributed by atoms with E-state index < -0.39 is 40.5 Å². The van der Waals surface area contributed by atoms with Gasteiger partial charge >= 0.3 is 0 Å². The van der Waals surface area contributed by atoms with Gasteiger partial charge in [0.1, 0.15) is 46.9 Å². The van der Waals surface area contributed by atoms with E-state index in [4.69, 9.17) is 28.4 Å². The number of sulfone groups is 3. The van der Waals surface area contributed by atoms with Crippen molar-refractivity contribution in [2.75, 3.05) is 13.2 Å². The Bertz CT molecular complexity index is 3170. The van der Waals surface area contributed by atoms with Crippen LogP contribution in [0.5, 0.6) is 23.0 Å². The van der Waals surface area contributed by atoms with Crippen LogP contribution in [0.25, 0.3) is 0 Å². The first-order chi connectivity index (χ1) is 33.1. The molecule has 15 heteroatoms. The van der Waals surface area contributed by atoms with Gasteiger partial charge in [0.2, 0.25) is 29.5 Å². The fourth-order valence-corrected chi connectivity index (χ4v) is 12.3. The summed E-state index contributed by atoms with van der Waals surface area (Å²) in [5, 5.41) is 0. The van der Waals surface area contributed by atoms with Crippen molar-refractivity contribution in [1.82, 2.24) is 0 Å². The minimum Gasteiger partial charge on any atom is -0.487 e. The van der Waals surface area contributed by atoms with Crippen molar-refractivity contribution in [1.29, 1.82) is 0 Å². The molecule has 4 unspecified atom stereocenters. The Morgan fingerprint density at radius 3 is 1.11 bits per heavy atom. The van der Waals surface area contributed by atoms with Gasteiger partial charge in [0.05, 0.1) is 48.2 Å². The van der Waals surface area contributed by atoms with Gasteiger partial charge in [-0.3, -0.25) is 0 Å². The van der Waals surface area contributed by atoms with Crippen LogP contribution in [-0.2, 0) is 54.6 Å². The van der Waals surface area contributed by atoms with Crippen LogP contribution in [0.15, 0.2) is 175 Å². The normalized spacial score (nSPS) is 19.0. The maximum Gasteiger partial charge on any atom is 0.206 e. The van der Waals surface area contributed by atoms with Crippen molar-refractivity contribution >= 4 is 29.5 Å². The van der Waals surface area contributed by atoms with Gasteiger partial charge in [0, 0.05) is 5.41 Å². The maximum absolute atomic E-state index is 13.8. The van der Waals surface area contributed by atoms with Gasteiger partial charge in [0.25, 0.3) is 0 Å². The lowest BCUT2D eigenvalue weighted by atomic mass is 9.72. The van der Waals surface area contributed by atoms with Crippen molar-refractivity contribution in [2.45, 2.75) is 145 Å². The second-order valence-electron chi connectivity index (χ2n) is 21.1. The summed E-state index contributed by atoms with van der Waals surface area (Å²) in [7, 11) is -11.5. The van der Waals surface area contributed by atoms with Crippen LogP contribution >= 0.6 is 0 Å². The Balaban J connectivity index is 0.862. The van der Waals surface area contributed by atoms with Crippen molar-refractivity contribution in [3.05, 3.63) is 157 Å². The zero-order valence-corrected chi connectivity index (χ0v) is 44.2. The molecule has 2 aliphatic rings. The molecule has 0 aliphatic carbocycles. The molecule has 0 saturated carbocycles. The first-order valence-corrected chi connectivity index (χ1v) is 27.9. The Morgan fingerprint density at radius 1 is 0.408 bits per heavy atom. The van der Waals surface area contributed by atoms with Crippen molar-refractivity contribution in [2.24, 2.45) is 0 Å². The zero-order chi connectivity index (χ0) is 51.4. The molecule has 0 aromatic heterocycles. The monoisotopic (exact) mass is 1020 g/mol. The van der Waals surface area contributed by atoms with Crippen molar-refractivity contribution in [3.8, 4) is 23.0 Å². The number of hydrogen-bond acceptors (Lipinski definition) is 12. The van der Waals surface area contributed by atoms with Crippen molar-refractivity contribution in [3.63, 3.8) is 0 Å².